The molecule has 0 fully saturated rings. The van der Waals surface area contributed by atoms with Crippen LogP contribution in [0, 0.1) is 5.82 Å². The first kappa shape index (κ1) is 15.4. The molecule has 1 aromatic rings. The Bertz CT molecular complexity index is 574. The van der Waals surface area contributed by atoms with Crippen molar-refractivity contribution in [2.24, 2.45) is 0 Å². The Hall–Kier alpha value is -0.980. The van der Waals surface area contributed by atoms with Gasteiger partial charge >= 0.3 is 0 Å². The highest BCUT2D eigenvalue weighted by Gasteiger charge is 2.30. The summed E-state index contributed by atoms with van der Waals surface area (Å²) in [5, 5.41) is 12.7. The van der Waals surface area contributed by atoms with Crippen LogP contribution in [0.25, 0.3) is 0 Å². The first-order chi connectivity index (χ1) is 9.44. The Balaban J connectivity index is 2.15. The zero-order chi connectivity index (χ0) is 14.8. The number of benzene rings is 1. The SMILES string of the molecule is CCC(O)CCNC1CCS(=O)(=O)c2ccc(F)cc21. The van der Waals surface area contributed by atoms with Gasteiger partial charge in [-0.1, -0.05) is 6.92 Å². The van der Waals surface area contributed by atoms with Crippen molar-refractivity contribution < 1.29 is 17.9 Å². The van der Waals surface area contributed by atoms with Gasteiger partial charge in [0.25, 0.3) is 0 Å². The predicted molar refractivity (Wildman–Crippen MR) is 74.7 cm³/mol. The van der Waals surface area contributed by atoms with E-state index in [4.69, 9.17) is 0 Å². The van der Waals surface area contributed by atoms with Gasteiger partial charge in [-0.2, -0.15) is 0 Å². The molecule has 2 N–H and O–H groups in total. The first-order valence-corrected chi connectivity index (χ1v) is 8.53. The number of nitrogens with one attached hydrogen (secondary N) is 1. The van der Waals surface area contributed by atoms with Crippen molar-refractivity contribution in [2.75, 3.05) is 12.3 Å². The van der Waals surface area contributed by atoms with Crippen LogP contribution in [-0.4, -0.2) is 31.9 Å². The van der Waals surface area contributed by atoms with E-state index in [1.54, 1.807) is 0 Å². The summed E-state index contributed by atoms with van der Waals surface area (Å²) in [5.41, 5.74) is 0.502. The Kier molecular flexibility index (Phi) is 4.78. The highest BCUT2D eigenvalue weighted by molar-refractivity contribution is 7.91. The zero-order valence-electron chi connectivity index (χ0n) is 11.5. The number of hydrogen-bond donors (Lipinski definition) is 2. The molecule has 2 unspecified atom stereocenters. The average molecular weight is 301 g/mol. The number of sulfone groups is 1. The van der Waals surface area contributed by atoms with Crippen LogP contribution in [0.4, 0.5) is 4.39 Å². The highest BCUT2D eigenvalue weighted by atomic mass is 32.2. The summed E-state index contributed by atoms with van der Waals surface area (Å²) in [6.45, 7) is 2.48. The van der Waals surface area contributed by atoms with Crippen LogP contribution in [-0.2, 0) is 9.84 Å². The third-order valence-corrected chi connectivity index (χ3v) is 5.51. The lowest BCUT2D eigenvalue weighted by Gasteiger charge is -2.26. The van der Waals surface area contributed by atoms with Crippen molar-refractivity contribution in [1.82, 2.24) is 5.32 Å². The van der Waals surface area contributed by atoms with E-state index < -0.39 is 15.7 Å². The second-order valence-corrected chi connectivity index (χ2v) is 7.22. The van der Waals surface area contributed by atoms with E-state index in [1.807, 2.05) is 6.92 Å². The molecule has 1 aromatic carbocycles. The number of aliphatic hydroxyl groups excluding tert-OH is 1. The molecule has 0 aromatic heterocycles. The minimum atomic E-state index is -3.29. The molecule has 0 saturated carbocycles. The molecule has 112 valence electrons. The lowest BCUT2D eigenvalue weighted by Crippen LogP contribution is -2.31. The number of rotatable bonds is 5. The maximum Gasteiger partial charge on any atom is 0.178 e. The van der Waals surface area contributed by atoms with E-state index in [2.05, 4.69) is 5.32 Å². The molecular formula is C14H20FNO3S. The van der Waals surface area contributed by atoms with Crippen molar-refractivity contribution in [3.8, 4) is 0 Å². The largest absolute Gasteiger partial charge is 0.393 e. The van der Waals surface area contributed by atoms with Crippen LogP contribution >= 0.6 is 0 Å². The van der Waals surface area contributed by atoms with Crippen molar-refractivity contribution in [3.05, 3.63) is 29.6 Å². The Morgan fingerprint density at radius 2 is 2.25 bits per heavy atom. The van der Waals surface area contributed by atoms with Gasteiger partial charge in [0.2, 0.25) is 0 Å². The summed E-state index contributed by atoms with van der Waals surface area (Å²) in [7, 11) is -3.29. The summed E-state index contributed by atoms with van der Waals surface area (Å²) >= 11 is 0. The van der Waals surface area contributed by atoms with Gasteiger partial charge in [-0.05, 0) is 49.6 Å². The van der Waals surface area contributed by atoms with Crippen molar-refractivity contribution in [1.29, 1.82) is 0 Å². The third-order valence-electron chi connectivity index (χ3n) is 3.70. The lowest BCUT2D eigenvalue weighted by molar-refractivity contribution is 0.158. The van der Waals surface area contributed by atoms with Gasteiger partial charge in [-0.3, -0.25) is 0 Å². The van der Waals surface area contributed by atoms with E-state index in [0.717, 1.165) is 0 Å². The Morgan fingerprint density at radius 1 is 1.50 bits per heavy atom. The number of fused-ring (bicyclic) bond motifs is 1. The number of aliphatic hydroxyl groups is 1. The summed E-state index contributed by atoms with van der Waals surface area (Å²) in [6.07, 6.45) is 1.36. The maximum atomic E-state index is 13.4. The van der Waals surface area contributed by atoms with Gasteiger partial charge < -0.3 is 10.4 Å². The van der Waals surface area contributed by atoms with Gasteiger partial charge in [0, 0.05) is 6.04 Å². The molecule has 0 amide bonds. The van der Waals surface area contributed by atoms with E-state index in [9.17, 15) is 17.9 Å². The molecule has 0 saturated heterocycles. The van der Waals surface area contributed by atoms with Gasteiger partial charge in [0.15, 0.2) is 9.84 Å². The fourth-order valence-electron chi connectivity index (χ4n) is 2.45. The number of halogens is 1. The monoisotopic (exact) mass is 301 g/mol. The molecule has 20 heavy (non-hydrogen) atoms. The molecule has 1 aliphatic rings. The van der Waals surface area contributed by atoms with E-state index >= 15 is 0 Å². The van der Waals surface area contributed by atoms with Crippen LogP contribution in [0.2, 0.25) is 0 Å². The van der Waals surface area contributed by atoms with Gasteiger partial charge in [-0.15, -0.1) is 0 Å². The fourth-order valence-corrected chi connectivity index (χ4v) is 4.06. The quantitative estimate of drug-likeness (QED) is 0.814. The molecular weight excluding hydrogens is 281 g/mol. The second kappa shape index (κ2) is 6.20. The molecule has 1 heterocycles. The van der Waals surface area contributed by atoms with Gasteiger partial charge in [0.1, 0.15) is 5.82 Å². The topological polar surface area (TPSA) is 66.4 Å². The molecule has 2 rings (SSSR count). The predicted octanol–water partition coefficient (Wildman–Crippen LogP) is 1.79. The number of hydrogen-bond acceptors (Lipinski definition) is 4. The molecule has 6 heteroatoms. The van der Waals surface area contributed by atoms with Crippen LogP contribution < -0.4 is 5.32 Å². The summed E-state index contributed by atoms with van der Waals surface area (Å²) in [6, 6.07) is 3.64. The van der Waals surface area contributed by atoms with E-state index in [-0.39, 0.29) is 22.8 Å². The molecule has 0 bridgehead atoms. The van der Waals surface area contributed by atoms with Crippen molar-refractivity contribution >= 4 is 9.84 Å². The molecule has 0 radical (unpaired) electrons. The standard InChI is InChI=1S/C14H20FNO3S/c1-2-11(17)5-7-16-13-6-8-20(18,19)14-4-3-10(15)9-12(13)14/h3-4,9,11,13,16-17H,2,5-8H2,1H3. The summed E-state index contributed by atoms with van der Waals surface area (Å²) in [4.78, 5) is 0.221. The molecule has 0 spiro atoms. The van der Waals surface area contributed by atoms with Crippen LogP contribution in [0.3, 0.4) is 0 Å². The van der Waals surface area contributed by atoms with Crippen molar-refractivity contribution in [3.63, 3.8) is 0 Å². The van der Waals surface area contributed by atoms with E-state index in [0.29, 0.717) is 31.4 Å². The zero-order valence-corrected chi connectivity index (χ0v) is 12.3. The summed E-state index contributed by atoms with van der Waals surface area (Å²) < 4.78 is 37.3. The Labute approximate surface area is 118 Å². The minimum absolute atomic E-state index is 0.0691. The molecule has 0 aliphatic carbocycles. The maximum absolute atomic E-state index is 13.4. The Morgan fingerprint density at radius 3 is 2.95 bits per heavy atom. The van der Waals surface area contributed by atoms with Gasteiger partial charge in [0.05, 0.1) is 16.8 Å². The minimum Gasteiger partial charge on any atom is -0.393 e. The molecule has 2 atom stereocenters. The van der Waals surface area contributed by atoms with E-state index in [1.165, 1.54) is 18.2 Å². The van der Waals surface area contributed by atoms with Crippen LogP contribution in [0.1, 0.15) is 37.8 Å². The average Bonchev–Trinajstić information content (AvgIpc) is 2.40. The molecule has 4 nitrogen and oxygen atoms in total. The first-order valence-electron chi connectivity index (χ1n) is 6.87. The third kappa shape index (κ3) is 3.37. The highest BCUT2D eigenvalue weighted by Crippen LogP contribution is 2.32. The normalized spacial score (nSPS) is 22.2. The van der Waals surface area contributed by atoms with Crippen LogP contribution in [0.5, 0.6) is 0 Å². The molecule has 1 aliphatic heterocycles. The van der Waals surface area contributed by atoms with Crippen LogP contribution in [0.15, 0.2) is 23.1 Å². The lowest BCUT2D eigenvalue weighted by atomic mass is 10.0. The smallest absolute Gasteiger partial charge is 0.178 e. The van der Waals surface area contributed by atoms with Gasteiger partial charge in [-0.25, -0.2) is 12.8 Å². The summed E-state index contributed by atoms with van der Waals surface area (Å²) in [5.74, 6) is -0.360. The fraction of sp³-hybridized carbons (Fsp3) is 0.571. The second-order valence-electron chi connectivity index (χ2n) is 5.15. The van der Waals surface area contributed by atoms with Crippen molar-refractivity contribution in [2.45, 2.75) is 43.2 Å².